The fraction of sp³-hybridized carbons (Fsp3) is 0.222. The lowest BCUT2D eigenvalue weighted by molar-refractivity contribution is -0.125. The number of amides is 2. The molecule has 0 spiro atoms. The lowest BCUT2D eigenvalue weighted by atomic mass is 10.1. The Hall–Kier alpha value is -2.27. The smallest absolute Gasteiger partial charge is 0.255 e. The predicted molar refractivity (Wildman–Crippen MR) is 95.7 cm³/mol. The predicted octanol–water partition coefficient (Wildman–Crippen LogP) is 3.26. The van der Waals surface area contributed by atoms with Crippen LogP contribution in [0, 0.1) is 0 Å². The minimum Gasteiger partial charge on any atom is -0.348 e. The molecule has 0 aliphatic carbocycles. The molecule has 2 amide bonds. The van der Waals surface area contributed by atoms with Gasteiger partial charge in [0, 0.05) is 31.1 Å². The van der Waals surface area contributed by atoms with Crippen LogP contribution in [0.2, 0.25) is 0 Å². The van der Waals surface area contributed by atoms with Crippen molar-refractivity contribution in [2.75, 3.05) is 25.2 Å². The van der Waals surface area contributed by atoms with Crippen LogP contribution in [0.15, 0.2) is 54.6 Å². The molecule has 120 valence electrons. The first-order valence-electron chi connectivity index (χ1n) is 7.29. The van der Waals surface area contributed by atoms with Crippen LogP contribution in [0.3, 0.4) is 0 Å². The van der Waals surface area contributed by atoms with E-state index in [0.717, 1.165) is 17.0 Å². The van der Waals surface area contributed by atoms with Crippen molar-refractivity contribution in [1.29, 1.82) is 0 Å². The maximum atomic E-state index is 12.1. The fourth-order valence-corrected chi connectivity index (χ4v) is 2.83. The third kappa shape index (κ3) is 5.45. The summed E-state index contributed by atoms with van der Waals surface area (Å²) in [5.41, 5.74) is 2.49. The molecule has 0 atom stereocenters. The molecule has 2 aromatic carbocycles. The Bertz CT molecular complexity index is 654. The second kappa shape index (κ2) is 8.39. The number of nitrogens with zero attached hydrogens (tertiary/aromatic N) is 1. The molecule has 23 heavy (non-hydrogen) atoms. The molecule has 0 saturated heterocycles. The first-order valence-corrected chi connectivity index (χ1v) is 8.45. The van der Waals surface area contributed by atoms with Crippen molar-refractivity contribution >= 4 is 29.3 Å². The molecule has 0 aliphatic heterocycles. The van der Waals surface area contributed by atoms with Crippen LogP contribution in [0.4, 0.5) is 5.69 Å². The third-order valence-corrected chi connectivity index (χ3v) is 4.23. The molecule has 0 saturated carbocycles. The van der Waals surface area contributed by atoms with Crippen molar-refractivity contribution in [3.8, 4) is 0 Å². The van der Waals surface area contributed by atoms with Crippen LogP contribution in [0.5, 0.6) is 0 Å². The van der Waals surface area contributed by atoms with E-state index in [-0.39, 0.29) is 11.8 Å². The first kappa shape index (κ1) is 17.1. The highest BCUT2D eigenvalue weighted by atomic mass is 32.2. The summed E-state index contributed by atoms with van der Waals surface area (Å²) in [6.07, 6.45) is 0. The Morgan fingerprint density at radius 2 is 1.65 bits per heavy atom. The molecule has 0 radical (unpaired) electrons. The SMILES string of the molecule is CN(C)C(=O)CSCc1ccc(C(=O)Nc2ccccc2)cc1. The highest BCUT2D eigenvalue weighted by Gasteiger charge is 2.07. The zero-order chi connectivity index (χ0) is 16.7. The van der Waals surface area contributed by atoms with Gasteiger partial charge in [-0.1, -0.05) is 30.3 Å². The summed E-state index contributed by atoms with van der Waals surface area (Å²) in [6.45, 7) is 0. The Morgan fingerprint density at radius 1 is 1.00 bits per heavy atom. The molecule has 0 aliphatic rings. The molecule has 2 rings (SSSR count). The van der Waals surface area contributed by atoms with Crippen LogP contribution in [-0.2, 0) is 10.5 Å². The molecular weight excluding hydrogens is 308 g/mol. The van der Waals surface area contributed by atoms with Gasteiger partial charge in [0.25, 0.3) is 5.91 Å². The Kier molecular flexibility index (Phi) is 6.23. The standard InChI is InChI=1S/C18H20N2O2S/c1-20(2)17(21)13-23-12-14-8-10-15(11-9-14)18(22)19-16-6-4-3-5-7-16/h3-11H,12-13H2,1-2H3,(H,19,22). The van der Waals surface area contributed by atoms with Gasteiger partial charge in [0.2, 0.25) is 5.91 Å². The van der Waals surface area contributed by atoms with Crippen molar-refractivity contribution in [1.82, 2.24) is 4.90 Å². The highest BCUT2D eigenvalue weighted by Crippen LogP contribution is 2.15. The molecule has 0 aromatic heterocycles. The monoisotopic (exact) mass is 328 g/mol. The van der Waals surface area contributed by atoms with E-state index < -0.39 is 0 Å². The van der Waals surface area contributed by atoms with Crippen molar-refractivity contribution in [2.24, 2.45) is 0 Å². The van der Waals surface area contributed by atoms with E-state index in [9.17, 15) is 9.59 Å². The summed E-state index contributed by atoms with van der Waals surface area (Å²) in [4.78, 5) is 25.2. The molecule has 0 unspecified atom stereocenters. The summed E-state index contributed by atoms with van der Waals surface area (Å²) in [5, 5.41) is 2.85. The van der Waals surface area contributed by atoms with Crippen molar-refractivity contribution < 1.29 is 9.59 Å². The summed E-state index contributed by atoms with van der Waals surface area (Å²) < 4.78 is 0. The Morgan fingerprint density at radius 3 is 2.26 bits per heavy atom. The van der Waals surface area contributed by atoms with Crippen LogP contribution < -0.4 is 5.32 Å². The first-order chi connectivity index (χ1) is 11.1. The van der Waals surface area contributed by atoms with E-state index in [1.165, 1.54) is 0 Å². The minimum absolute atomic E-state index is 0.105. The number of hydrogen-bond acceptors (Lipinski definition) is 3. The van der Waals surface area contributed by atoms with E-state index in [1.54, 1.807) is 30.8 Å². The van der Waals surface area contributed by atoms with Gasteiger partial charge in [-0.2, -0.15) is 0 Å². The van der Waals surface area contributed by atoms with E-state index in [0.29, 0.717) is 11.3 Å². The second-order valence-corrected chi connectivity index (χ2v) is 6.28. The normalized spacial score (nSPS) is 10.2. The lowest BCUT2D eigenvalue weighted by Gasteiger charge is -2.09. The zero-order valence-corrected chi connectivity index (χ0v) is 14.1. The maximum absolute atomic E-state index is 12.1. The number of anilines is 1. The number of hydrogen-bond donors (Lipinski definition) is 1. The maximum Gasteiger partial charge on any atom is 0.255 e. The number of benzene rings is 2. The van der Waals surface area contributed by atoms with Crippen LogP contribution in [-0.4, -0.2) is 36.6 Å². The number of thioether (sulfide) groups is 1. The molecule has 5 heteroatoms. The van der Waals surface area contributed by atoms with Crippen LogP contribution >= 0.6 is 11.8 Å². The van der Waals surface area contributed by atoms with Gasteiger partial charge in [0.15, 0.2) is 0 Å². The summed E-state index contributed by atoms with van der Waals surface area (Å²) >= 11 is 1.57. The second-order valence-electron chi connectivity index (χ2n) is 5.30. The van der Waals surface area contributed by atoms with E-state index in [1.807, 2.05) is 54.6 Å². The van der Waals surface area contributed by atoms with Crippen molar-refractivity contribution in [3.63, 3.8) is 0 Å². The number of para-hydroxylation sites is 1. The van der Waals surface area contributed by atoms with Gasteiger partial charge in [-0.3, -0.25) is 9.59 Å². The molecule has 2 aromatic rings. The molecule has 1 N–H and O–H groups in total. The van der Waals surface area contributed by atoms with Gasteiger partial charge in [-0.05, 0) is 29.8 Å². The number of rotatable bonds is 6. The molecule has 0 fully saturated rings. The quantitative estimate of drug-likeness (QED) is 0.885. The van der Waals surface area contributed by atoms with Crippen molar-refractivity contribution in [3.05, 3.63) is 65.7 Å². The topological polar surface area (TPSA) is 49.4 Å². The molecule has 4 nitrogen and oxygen atoms in total. The number of nitrogens with one attached hydrogen (secondary N) is 1. The van der Waals surface area contributed by atoms with E-state index in [2.05, 4.69) is 5.32 Å². The summed E-state index contributed by atoms with van der Waals surface area (Å²) in [5.74, 6) is 1.19. The molecule has 0 heterocycles. The average Bonchev–Trinajstić information content (AvgIpc) is 2.56. The number of carbonyl (C=O) groups excluding carboxylic acids is 2. The summed E-state index contributed by atoms with van der Waals surface area (Å²) in [7, 11) is 3.51. The molecular formula is C18H20N2O2S. The van der Waals surface area contributed by atoms with Gasteiger partial charge in [0.05, 0.1) is 5.75 Å². The Balaban J connectivity index is 1.86. The molecule has 0 bridgehead atoms. The number of carbonyl (C=O) groups is 2. The largest absolute Gasteiger partial charge is 0.348 e. The van der Waals surface area contributed by atoms with E-state index >= 15 is 0 Å². The van der Waals surface area contributed by atoms with Crippen LogP contribution in [0.1, 0.15) is 15.9 Å². The average molecular weight is 328 g/mol. The highest BCUT2D eigenvalue weighted by molar-refractivity contribution is 7.99. The minimum atomic E-state index is -0.127. The van der Waals surface area contributed by atoms with Gasteiger partial charge in [-0.25, -0.2) is 0 Å². The van der Waals surface area contributed by atoms with Gasteiger partial charge < -0.3 is 10.2 Å². The summed E-state index contributed by atoms with van der Waals surface area (Å²) in [6, 6.07) is 16.8. The zero-order valence-electron chi connectivity index (χ0n) is 13.3. The fourth-order valence-electron chi connectivity index (χ4n) is 1.86. The van der Waals surface area contributed by atoms with Gasteiger partial charge in [-0.15, -0.1) is 11.8 Å². The van der Waals surface area contributed by atoms with Gasteiger partial charge >= 0.3 is 0 Å². The van der Waals surface area contributed by atoms with E-state index in [4.69, 9.17) is 0 Å². The Labute approximate surface area is 140 Å². The van der Waals surface area contributed by atoms with Crippen molar-refractivity contribution in [2.45, 2.75) is 5.75 Å². The van der Waals surface area contributed by atoms with Crippen LogP contribution in [0.25, 0.3) is 0 Å². The third-order valence-electron chi connectivity index (χ3n) is 3.24. The lowest BCUT2D eigenvalue weighted by Crippen LogP contribution is -2.23. The van der Waals surface area contributed by atoms with Gasteiger partial charge in [0.1, 0.15) is 0 Å².